The van der Waals surface area contributed by atoms with Crippen molar-refractivity contribution >= 4 is 11.7 Å². The molecule has 1 aliphatic heterocycles. The number of benzene rings is 1. The number of halogens is 3. The third-order valence-corrected chi connectivity index (χ3v) is 3.46. The molecule has 0 saturated carbocycles. The molecule has 0 unspecified atom stereocenters. The molecule has 1 saturated heterocycles. The van der Waals surface area contributed by atoms with E-state index in [9.17, 15) is 23.3 Å². The lowest BCUT2D eigenvalue weighted by atomic mass is 10.0. The largest absolute Gasteiger partial charge is 0.490 e. The van der Waals surface area contributed by atoms with E-state index in [1.807, 2.05) is 12.1 Å². The Kier molecular flexibility index (Phi) is 7.11. The number of alkyl halides is 3. The van der Waals surface area contributed by atoms with Gasteiger partial charge in [0.15, 0.2) is 0 Å². The van der Waals surface area contributed by atoms with Crippen molar-refractivity contribution in [2.45, 2.75) is 31.6 Å². The Hall–Kier alpha value is -2.20. The summed E-state index contributed by atoms with van der Waals surface area (Å²) in [5.41, 5.74) is 6.83. The first-order valence-electron chi connectivity index (χ1n) is 7.11. The maximum Gasteiger partial charge on any atom is 0.490 e. The highest BCUT2D eigenvalue weighted by Gasteiger charge is 2.38. The van der Waals surface area contributed by atoms with E-state index < -0.39 is 12.1 Å². The normalized spacial score (nSPS) is 16.2. The molecule has 0 atom stereocenters. The molecule has 24 heavy (non-hydrogen) atoms. The predicted octanol–water partition coefficient (Wildman–Crippen LogP) is 2.15. The van der Waals surface area contributed by atoms with Crippen molar-refractivity contribution in [2.75, 3.05) is 13.1 Å². The number of para-hydroxylation sites is 1. The molecule has 1 aliphatic rings. The smallest absolute Gasteiger partial charge is 0.475 e. The minimum atomic E-state index is -5.08. The first-order chi connectivity index (χ1) is 11.1. The Morgan fingerprint density at radius 3 is 2.29 bits per heavy atom. The van der Waals surface area contributed by atoms with E-state index in [2.05, 4.69) is 4.90 Å². The van der Waals surface area contributed by atoms with Crippen LogP contribution in [0.5, 0.6) is 0 Å². The van der Waals surface area contributed by atoms with Crippen LogP contribution in [0, 0.1) is 10.1 Å². The number of rotatable bonds is 3. The standard InChI is InChI=1S/C12H17N3O2.C2HF3O2/c13-11-5-7-14(8-6-11)9-10-3-1-2-4-12(10)15(16)17;3-2(4,5)1(6)7/h1-4,11H,5-9,13H2;(H,6,7). The van der Waals surface area contributed by atoms with Gasteiger partial charge in [-0.1, -0.05) is 18.2 Å². The molecular weight excluding hydrogens is 331 g/mol. The van der Waals surface area contributed by atoms with Crippen LogP contribution < -0.4 is 5.73 Å². The van der Waals surface area contributed by atoms with Crippen molar-refractivity contribution in [2.24, 2.45) is 5.73 Å². The van der Waals surface area contributed by atoms with Gasteiger partial charge >= 0.3 is 12.1 Å². The fourth-order valence-electron chi connectivity index (χ4n) is 2.17. The van der Waals surface area contributed by atoms with Gasteiger partial charge in [0.05, 0.1) is 4.92 Å². The van der Waals surface area contributed by atoms with Crippen LogP contribution in [0.1, 0.15) is 18.4 Å². The number of likely N-dealkylation sites (tertiary alicyclic amines) is 1. The van der Waals surface area contributed by atoms with Gasteiger partial charge < -0.3 is 10.8 Å². The quantitative estimate of drug-likeness (QED) is 0.639. The van der Waals surface area contributed by atoms with Gasteiger partial charge in [0, 0.05) is 24.2 Å². The zero-order chi connectivity index (χ0) is 18.3. The molecule has 1 fully saturated rings. The molecule has 7 nitrogen and oxygen atoms in total. The van der Waals surface area contributed by atoms with E-state index in [0.717, 1.165) is 31.5 Å². The van der Waals surface area contributed by atoms with E-state index in [1.54, 1.807) is 12.1 Å². The molecule has 1 aromatic rings. The summed E-state index contributed by atoms with van der Waals surface area (Å²) in [5, 5.41) is 18.0. The maximum absolute atomic E-state index is 10.9. The SMILES string of the molecule is NC1CCN(Cc2ccccc2[N+](=O)[O-])CC1.O=C(O)C(F)(F)F. The topological polar surface area (TPSA) is 110 Å². The van der Waals surface area contributed by atoms with Crippen molar-refractivity contribution in [1.82, 2.24) is 4.90 Å². The Labute approximate surface area is 136 Å². The highest BCUT2D eigenvalue weighted by Crippen LogP contribution is 2.21. The van der Waals surface area contributed by atoms with E-state index >= 15 is 0 Å². The van der Waals surface area contributed by atoms with Crippen molar-refractivity contribution in [1.29, 1.82) is 0 Å². The fraction of sp³-hybridized carbons (Fsp3) is 0.500. The van der Waals surface area contributed by atoms with Crippen LogP contribution in [0.3, 0.4) is 0 Å². The number of nitro benzene ring substituents is 1. The number of hydrogen-bond donors (Lipinski definition) is 2. The Balaban J connectivity index is 0.000000351. The molecular formula is C14H18F3N3O4. The summed E-state index contributed by atoms with van der Waals surface area (Å²) in [5.74, 6) is -2.76. The van der Waals surface area contributed by atoms with Gasteiger partial charge in [0.25, 0.3) is 5.69 Å². The van der Waals surface area contributed by atoms with Crippen LogP contribution in [0.15, 0.2) is 24.3 Å². The molecule has 3 N–H and O–H groups in total. The van der Waals surface area contributed by atoms with Gasteiger partial charge in [-0.15, -0.1) is 0 Å². The number of carbonyl (C=O) groups is 1. The lowest BCUT2D eigenvalue weighted by Gasteiger charge is -2.29. The highest BCUT2D eigenvalue weighted by molar-refractivity contribution is 5.73. The Morgan fingerprint density at radius 1 is 1.33 bits per heavy atom. The molecule has 1 heterocycles. The van der Waals surface area contributed by atoms with E-state index in [1.165, 1.54) is 0 Å². The number of aliphatic carboxylic acids is 1. The molecule has 0 aromatic heterocycles. The lowest BCUT2D eigenvalue weighted by Crippen LogP contribution is -2.39. The second kappa shape index (κ2) is 8.60. The van der Waals surface area contributed by atoms with Gasteiger partial charge in [-0.25, -0.2) is 4.79 Å². The van der Waals surface area contributed by atoms with Gasteiger partial charge in [0.1, 0.15) is 0 Å². The zero-order valence-corrected chi connectivity index (χ0v) is 12.7. The highest BCUT2D eigenvalue weighted by atomic mass is 19.4. The van der Waals surface area contributed by atoms with Gasteiger partial charge in [-0.2, -0.15) is 13.2 Å². The molecule has 10 heteroatoms. The molecule has 1 aromatic carbocycles. The van der Waals surface area contributed by atoms with Crippen LogP contribution in [0.4, 0.5) is 18.9 Å². The summed E-state index contributed by atoms with van der Waals surface area (Å²) in [6, 6.07) is 7.22. The number of nitro groups is 1. The summed E-state index contributed by atoms with van der Waals surface area (Å²) in [7, 11) is 0. The number of hydrogen-bond acceptors (Lipinski definition) is 5. The second-order valence-electron chi connectivity index (χ2n) is 5.30. The minimum Gasteiger partial charge on any atom is -0.475 e. The summed E-state index contributed by atoms with van der Waals surface area (Å²) >= 11 is 0. The summed E-state index contributed by atoms with van der Waals surface area (Å²) in [6.07, 6.45) is -3.14. The van der Waals surface area contributed by atoms with Crippen molar-refractivity contribution in [3.8, 4) is 0 Å². The molecule has 0 bridgehead atoms. The summed E-state index contributed by atoms with van der Waals surface area (Å²) in [6.45, 7) is 2.49. The third kappa shape index (κ3) is 6.50. The minimum absolute atomic E-state index is 0.211. The van der Waals surface area contributed by atoms with Crippen molar-refractivity contribution in [3.63, 3.8) is 0 Å². The number of piperidine rings is 1. The van der Waals surface area contributed by atoms with E-state index in [4.69, 9.17) is 15.6 Å². The van der Waals surface area contributed by atoms with Crippen LogP contribution >= 0.6 is 0 Å². The van der Waals surface area contributed by atoms with Crippen molar-refractivity contribution < 1.29 is 28.0 Å². The monoisotopic (exact) mass is 349 g/mol. The van der Waals surface area contributed by atoms with Crippen LogP contribution in [-0.2, 0) is 11.3 Å². The van der Waals surface area contributed by atoms with Gasteiger partial charge in [-0.05, 0) is 25.9 Å². The molecule has 0 aliphatic carbocycles. The molecule has 134 valence electrons. The van der Waals surface area contributed by atoms with Crippen molar-refractivity contribution in [3.05, 3.63) is 39.9 Å². The number of nitrogens with zero attached hydrogens (tertiary/aromatic N) is 2. The Morgan fingerprint density at radius 2 is 1.83 bits per heavy atom. The van der Waals surface area contributed by atoms with Crippen LogP contribution in [0.25, 0.3) is 0 Å². The number of carboxylic acids is 1. The lowest BCUT2D eigenvalue weighted by molar-refractivity contribution is -0.385. The predicted molar refractivity (Wildman–Crippen MR) is 79.3 cm³/mol. The zero-order valence-electron chi connectivity index (χ0n) is 12.7. The number of nitrogens with two attached hydrogens (primary N) is 1. The van der Waals surface area contributed by atoms with Crippen LogP contribution in [0.2, 0.25) is 0 Å². The summed E-state index contributed by atoms with van der Waals surface area (Å²) < 4.78 is 31.7. The molecule has 0 amide bonds. The average Bonchev–Trinajstić information content (AvgIpc) is 2.49. The Bertz CT molecular complexity index is 573. The fourth-order valence-corrected chi connectivity index (χ4v) is 2.17. The van der Waals surface area contributed by atoms with E-state index in [-0.39, 0.29) is 16.7 Å². The molecule has 2 rings (SSSR count). The third-order valence-electron chi connectivity index (χ3n) is 3.46. The first-order valence-corrected chi connectivity index (χ1v) is 7.11. The maximum atomic E-state index is 10.9. The first kappa shape index (κ1) is 19.8. The number of carboxylic acid groups (broad SMARTS) is 1. The van der Waals surface area contributed by atoms with Gasteiger partial charge in [-0.3, -0.25) is 15.0 Å². The molecule has 0 radical (unpaired) electrons. The van der Waals surface area contributed by atoms with E-state index in [0.29, 0.717) is 6.54 Å². The molecule has 0 spiro atoms. The van der Waals surface area contributed by atoms with Crippen LogP contribution in [-0.4, -0.2) is 46.2 Å². The van der Waals surface area contributed by atoms with Gasteiger partial charge in [0.2, 0.25) is 0 Å². The summed E-state index contributed by atoms with van der Waals surface area (Å²) in [4.78, 5) is 21.7. The average molecular weight is 349 g/mol. The second-order valence-corrected chi connectivity index (χ2v) is 5.30.